The van der Waals surface area contributed by atoms with Crippen LogP contribution in [0.5, 0.6) is 0 Å². The number of para-hydroxylation sites is 1. The van der Waals surface area contributed by atoms with Gasteiger partial charge in [-0.05, 0) is 37.6 Å². The quantitative estimate of drug-likeness (QED) is 0.787. The molecule has 3 rings (SSSR count). The van der Waals surface area contributed by atoms with E-state index < -0.39 is 0 Å². The molecule has 0 aliphatic rings. The number of aryl methyl sites for hydroxylation is 1. The van der Waals surface area contributed by atoms with Gasteiger partial charge >= 0.3 is 0 Å². The van der Waals surface area contributed by atoms with Crippen LogP contribution < -0.4 is 11.3 Å². The highest BCUT2D eigenvalue weighted by atomic mass is 16.1. The highest BCUT2D eigenvalue weighted by Gasteiger charge is 2.15. The predicted molar refractivity (Wildman–Crippen MR) is 91.7 cm³/mol. The predicted octanol–water partition coefficient (Wildman–Crippen LogP) is 3.44. The number of hydrogen-bond donors (Lipinski definition) is 1. The lowest BCUT2D eigenvalue weighted by atomic mass is 10.2. The van der Waals surface area contributed by atoms with Crippen molar-refractivity contribution in [2.75, 3.05) is 0 Å². The van der Waals surface area contributed by atoms with Crippen molar-refractivity contribution in [2.45, 2.75) is 33.7 Å². The maximum Gasteiger partial charge on any atom is 0.279 e. The summed E-state index contributed by atoms with van der Waals surface area (Å²) in [5.74, 6) is 0. The lowest BCUT2D eigenvalue weighted by Crippen LogP contribution is -2.27. The molecule has 3 aromatic rings. The van der Waals surface area contributed by atoms with Crippen LogP contribution in [0.1, 0.15) is 38.1 Å². The zero-order valence-corrected chi connectivity index (χ0v) is 13.6. The van der Waals surface area contributed by atoms with Crippen molar-refractivity contribution in [2.24, 2.45) is 5.73 Å². The Morgan fingerprint density at radius 3 is 2.32 bits per heavy atom. The molecule has 0 bridgehead atoms. The molecular formula is C18H23N3O. The average Bonchev–Trinajstić information content (AvgIpc) is 2.91. The molecule has 116 valence electrons. The van der Waals surface area contributed by atoms with Gasteiger partial charge in [-0.15, -0.1) is 0 Å². The van der Waals surface area contributed by atoms with E-state index >= 15 is 0 Å². The molecule has 0 aliphatic heterocycles. The van der Waals surface area contributed by atoms with Gasteiger partial charge in [-0.25, -0.2) is 0 Å². The van der Waals surface area contributed by atoms with Crippen molar-refractivity contribution in [1.82, 2.24) is 8.97 Å². The number of nitrogens with zero attached hydrogens (tertiary/aromatic N) is 2. The fourth-order valence-electron chi connectivity index (χ4n) is 2.52. The summed E-state index contributed by atoms with van der Waals surface area (Å²) in [6.07, 6.45) is 3.83. The van der Waals surface area contributed by atoms with Gasteiger partial charge in [-0.2, -0.15) is 0 Å². The van der Waals surface area contributed by atoms with Crippen molar-refractivity contribution < 1.29 is 0 Å². The molecule has 1 unspecified atom stereocenters. The number of nitrogens with two attached hydrogens (primary N) is 1. The third-order valence-corrected chi connectivity index (χ3v) is 3.53. The molecule has 4 heteroatoms. The molecule has 2 heterocycles. The van der Waals surface area contributed by atoms with Crippen molar-refractivity contribution >= 4 is 5.52 Å². The number of aromatic nitrogens is 2. The Kier molecular flexibility index (Phi) is 4.83. The first-order chi connectivity index (χ1) is 10.6. The van der Waals surface area contributed by atoms with Gasteiger partial charge < -0.3 is 10.1 Å². The first kappa shape index (κ1) is 16.0. The molecule has 0 amide bonds. The standard InChI is InChI=1S/C16H17N3O.C2H6/c1-11-8-9-18-10-14(12(2)17)19(16(20)15(11)18)13-6-4-3-5-7-13;1-2/h3-10,12H,17H2,1-2H3;1-2H3. The molecule has 0 spiro atoms. The van der Waals surface area contributed by atoms with Gasteiger partial charge in [0.1, 0.15) is 5.52 Å². The van der Waals surface area contributed by atoms with Gasteiger partial charge in [0.25, 0.3) is 5.56 Å². The summed E-state index contributed by atoms with van der Waals surface area (Å²) in [5, 5.41) is 0. The summed E-state index contributed by atoms with van der Waals surface area (Å²) in [6.45, 7) is 7.83. The highest BCUT2D eigenvalue weighted by Crippen LogP contribution is 2.17. The summed E-state index contributed by atoms with van der Waals surface area (Å²) < 4.78 is 3.56. The van der Waals surface area contributed by atoms with Crippen LogP contribution in [0.2, 0.25) is 0 Å². The maximum absolute atomic E-state index is 12.8. The third kappa shape index (κ3) is 2.70. The molecule has 0 fully saturated rings. The molecular weight excluding hydrogens is 274 g/mol. The zero-order chi connectivity index (χ0) is 16.3. The van der Waals surface area contributed by atoms with E-state index in [0.29, 0.717) is 5.52 Å². The van der Waals surface area contributed by atoms with E-state index in [1.165, 1.54) is 0 Å². The topological polar surface area (TPSA) is 52.4 Å². The Morgan fingerprint density at radius 1 is 1.09 bits per heavy atom. The highest BCUT2D eigenvalue weighted by molar-refractivity contribution is 5.55. The van der Waals surface area contributed by atoms with Crippen LogP contribution >= 0.6 is 0 Å². The van der Waals surface area contributed by atoms with E-state index in [0.717, 1.165) is 16.9 Å². The zero-order valence-electron chi connectivity index (χ0n) is 13.6. The molecule has 22 heavy (non-hydrogen) atoms. The van der Waals surface area contributed by atoms with E-state index in [-0.39, 0.29) is 11.6 Å². The number of hydrogen-bond acceptors (Lipinski definition) is 2. The molecule has 1 atom stereocenters. The average molecular weight is 297 g/mol. The Hall–Kier alpha value is -2.33. The van der Waals surface area contributed by atoms with Crippen molar-refractivity contribution in [3.8, 4) is 5.69 Å². The summed E-state index contributed by atoms with van der Waals surface area (Å²) in [4.78, 5) is 12.8. The summed E-state index contributed by atoms with van der Waals surface area (Å²) in [6, 6.07) is 11.3. The Balaban J connectivity index is 0.000000847. The van der Waals surface area contributed by atoms with Crippen LogP contribution in [0.4, 0.5) is 0 Å². The fraction of sp³-hybridized carbons (Fsp3) is 0.278. The van der Waals surface area contributed by atoms with Crippen molar-refractivity contribution in [3.63, 3.8) is 0 Å². The Labute approximate surface area is 130 Å². The SMILES string of the molecule is CC.Cc1ccn2cc(C(C)N)n(-c3ccccc3)c(=O)c12. The summed E-state index contributed by atoms with van der Waals surface area (Å²) >= 11 is 0. The second-order valence-electron chi connectivity index (χ2n) is 5.07. The lowest BCUT2D eigenvalue weighted by molar-refractivity contribution is 0.718. The maximum atomic E-state index is 12.8. The largest absolute Gasteiger partial charge is 0.323 e. The number of rotatable bonds is 2. The fourth-order valence-corrected chi connectivity index (χ4v) is 2.52. The van der Waals surface area contributed by atoms with Gasteiger partial charge in [-0.1, -0.05) is 32.0 Å². The van der Waals surface area contributed by atoms with Gasteiger partial charge in [0.2, 0.25) is 0 Å². The molecule has 4 nitrogen and oxygen atoms in total. The van der Waals surface area contributed by atoms with Crippen molar-refractivity contribution in [3.05, 3.63) is 70.4 Å². The van der Waals surface area contributed by atoms with Crippen molar-refractivity contribution in [1.29, 1.82) is 0 Å². The smallest absolute Gasteiger partial charge is 0.279 e. The van der Waals surface area contributed by atoms with Crippen LogP contribution in [0.25, 0.3) is 11.2 Å². The van der Waals surface area contributed by atoms with Gasteiger partial charge in [0.05, 0.1) is 5.69 Å². The Morgan fingerprint density at radius 2 is 1.73 bits per heavy atom. The molecule has 0 aliphatic carbocycles. The number of benzene rings is 1. The normalized spacial score (nSPS) is 11.9. The van der Waals surface area contributed by atoms with E-state index in [1.807, 2.05) is 80.9 Å². The molecule has 2 N–H and O–H groups in total. The minimum Gasteiger partial charge on any atom is -0.323 e. The van der Waals surface area contributed by atoms with E-state index in [9.17, 15) is 4.79 Å². The molecule has 0 radical (unpaired) electrons. The van der Waals surface area contributed by atoms with Crippen LogP contribution in [-0.2, 0) is 0 Å². The van der Waals surface area contributed by atoms with Crippen LogP contribution in [0, 0.1) is 6.92 Å². The van der Waals surface area contributed by atoms with Gasteiger partial charge in [-0.3, -0.25) is 9.36 Å². The number of fused-ring (bicyclic) bond motifs is 1. The molecule has 0 saturated carbocycles. The first-order valence-corrected chi connectivity index (χ1v) is 7.64. The monoisotopic (exact) mass is 297 g/mol. The van der Waals surface area contributed by atoms with Crippen LogP contribution in [-0.4, -0.2) is 8.97 Å². The van der Waals surface area contributed by atoms with Crippen LogP contribution in [0.15, 0.2) is 53.6 Å². The van der Waals surface area contributed by atoms with Crippen LogP contribution in [0.3, 0.4) is 0 Å². The molecule has 0 saturated heterocycles. The lowest BCUT2D eigenvalue weighted by Gasteiger charge is -2.16. The Bertz CT molecular complexity index is 813. The first-order valence-electron chi connectivity index (χ1n) is 7.64. The summed E-state index contributed by atoms with van der Waals surface area (Å²) in [7, 11) is 0. The molecule has 1 aromatic carbocycles. The second kappa shape index (κ2) is 6.62. The second-order valence-corrected chi connectivity index (χ2v) is 5.07. The van der Waals surface area contributed by atoms with Gasteiger partial charge in [0, 0.05) is 24.1 Å². The van der Waals surface area contributed by atoms with E-state index in [1.54, 1.807) is 4.57 Å². The minimum absolute atomic E-state index is 0.0338. The third-order valence-electron chi connectivity index (χ3n) is 3.53. The summed E-state index contributed by atoms with van der Waals surface area (Å²) in [5.41, 5.74) is 9.31. The van der Waals surface area contributed by atoms with Gasteiger partial charge in [0.15, 0.2) is 0 Å². The minimum atomic E-state index is -0.227. The van der Waals surface area contributed by atoms with E-state index in [4.69, 9.17) is 5.73 Å². The molecule has 2 aromatic heterocycles. The van der Waals surface area contributed by atoms with E-state index in [2.05, 4.69) is 0 Å².